The molecule has 0 aromatic heterocycles. The van der Waals surface area contributed by atoms with Gasteiger partial charge in [-0.1, -0.05) is 31.5 Å². The Morgan fingerprint density at radius 2 is 1.82 bits per heavy atom. The van der Waals surface area contributed by atoms with Crippen molar-refractivity contribution in [2.75, 3.05) is 7.11 Å². The van der Waals surface area contributed by atoms with E-state index in [1.807, 2.05) is 6.92 Å². The summed E-state index contributed by atoms with van der Waals surface area (Å²) in [6.45, 7) is 3.56. The third-order valence-corrected chi connectivity index (χ3v) is 7.01. The first kappa shape index (κ1) is 23.2. The first-order chi connectivity index (χ1) is 15.8. The van der Waals surface area contributed by atoms with Crippen LogP contribution in [0.2, 0.25) is 0 Å². The number of benzene rings is 1. The molecule has 0 saturated heterocycles. The van der Waals surface area contributed by atoms with E-state index in [9.17, 15) is 14.4 Å². The van der Waals surface area contributed by atoms with Crippen molar-refractivity contribution in [3.8, 4) is 0 Å². The molecular weight excluding hydrogens is 425 g/mol. The van der Waals surface area contributed by atoms with Gasteiger partial charge in [0.2, 0.25) is 0 Å². The van der Waals surface area contributed by atoms with Crippen LogP contribution in [0.5, 0.6) is 0 Å². The van der Waals surface area contributed by atoms with Gasteiger partial charge in [0.05, 0.1) is 18.6 Å². The van der Waals surface area contributed by atoms with Gasteiger partial charge in [-0.3, -0.25) is 9.59 Å². The Kier molecular flexibility index (Phi) is 6.68. The van der Waals surface area contributed by atoms with E-state index in [0.717, 1.165) is 32.1 Å². The quantitative estimate of drug-likeness (QED) is 0.538. The molecule has 3 atom stereocenters. The second-order valence-corrected chi connectivity index (χ2v) is 9.22. The zero-order valence-corrected chi connectivity index (χ0v) is 19.3. The van der Waals surface area contributed by atoms with Gasteiger partial charge >= 0.3 is 11.9 Å². The molecule has 0 bridgehead atoms. The van der Waals surface area contributed by atoms with Crippen LogP contribution >= 0.6 is 0 Å². The normalized spacial score (nSPS) is 25.9. The number of hydrogen-bond donors (Lipinski definition) is 1. The van der Waals surface area contributed by atoms with Gasteiger partial charge < -0.3 is 14.8 Å². The van der Waals surface area contributed by atoms with E-state index in [1.165, 1.54) is 13.2 Å². The lowest BCUT2D eigenvalue weighted by atomic mass is 9.69. The number of rotatable bonds is 4. The summed E-state index contributed by atoms with van der Waals surface area (Å²) in [7, 11) is 1.25. The minimum absolute atomic E-state index is 0.187. The van der Waals surface area contributed by atoms with E-state index in [-0.39, 0.29) is 28.7 Å². The number of hydrogen-bond acceptors (Lipinski definition) is 6. The Morgan fingerprint density at radius 1 is 1.12 bits per heavy atom. The van der Waals surface area contributed by atoms with E-state index in [2.05, 4.69) is 5.32 Å². The van der Waals surface area contributed by atoms with Crippen molar-refractivity contribution in [3.63, 3.8) is 0 Å². The number of carbonyl (C=O) groups excluding carboxylic acids is 3. The van der Waals surface area contributed by atoms with Crippen LogP contribution < -0.4 is 5.32 Å². The van der Waals surface area contributed by atoms with Crippen molar-refractivity contribution >= 4 is 17.7 Å². The topological polar surface area (TPSA) is 81.7 Å². The summed E-state index contributed by atoms with van der Waals surface area (Å²) in [5, 5.41) is 3.21. The summed E-state index contributed by atoms with van der Waals surface area (Å²) in [5.41, 5.74) is 1.84. The highest BCUT2D eigenvalue weighted by Gasteiger charge is 2.48. The monoisotopic (exact) mass is 455 g/mol. The number of ketones is 1. The maximum atomic E-state index is 15.1. The number of carbonyl (C=O) groups is 3. The van der Waals surface area contributed by atoms with Crippen molar-refractivity contribution in [2.45, 2.75) is 64.4 Å². The van der Waals surface area contributed by atoms with Gasteiger partial charge in [0.1, 0.15) is 17.8 Å². The van der Waals surface area contributed by atoms with E-state index >= 15 is 4.39 Å². The summed E-state index contributed by atoms with van der Waals surface area (Å²) in [6, 6.07) is 6.13. The number of nitrogens with one attached hydrogen (secondary N) is 1. The summed E-state index contributed by atoms with van der Waals surface area (Å²) in [5.74, 6) is -4.37. The zero-order valence-electron chi connectivity index (χ0n) is 19.3. The maximum Gasteiger partial charge on any atom is 0.337 e. The molecule has 1 aromatic rings. The number of ether oxygens (including phenoxy) is 2. The minimum atomic E-state index is -1.00. The average molecular weight is 456 g/mol. The Bertz CT molecular complexity index is 1040. The first-order valence-electron chi connectivity index (χ1n) is 11.6. The first-order valence-corrected chi connectivity index (χ1v) is 11.6. The minimum Gasteiger partial charge on any atom is -0.468 e. The predicted octanol–water partition coefficient (Wildman–Crippen LogP) is 4.31. The van der Waals surface area contributed by atoms with Crippen LogP contribution in [0.1, 0.15) is 63.9 Å². The summed E-state index contributed by atoms with van der Waals surface area (Å²) in [4.78, 5) is 39.5. The number of allylic oxidation sites excluding steroid dienone is 3. The molecule has 33 heavy (non-hydrogen) atoms. The fourth-order valence-electron chi connectivity index (χ4n) is 5.37. The van der Waals surface area contributed by atoms with Crippen LogP contribution in [-0.2, 0) is 23.9 Å². The Labute approximate surface area is 193 Å². The maximum absolute atomic E-state index is 15.1. The smallest absolute Gasteiger partial charge is 0.337 e. The van der Waals surface area contributed by atoms with Gasteiger partial charge in [0, 0.05) is 22.5 Å². The van der Waals surface area contributed by atoms with Crippen LogP contribution in [0.3, 0.4) is 0 Å². The lowest BCUT2D eigenvalue weighted by Gasteiger charge is -2.38. The number of methoxy groups -OCH3 is 1. The Morgan fingerprint density at radius 3 is 2.48 bits per heavy atom. The van der Waals surface area contributed by atoms with Crippen LogP contribution in [0, 0.1) is 17.7 Å². The third-order valence-electron chi connectivity index (χ3n) is 7.01. The molecule has 1 fully saturated rings. The molecule has 0 unspecified atom stereocenters. The van der Waals surface area contributed by atoms with Gasteiger partial charge in [-0.05, 0) is 51.0 Å². The zero-order chi connectivity index (χ0) is 23.7. The lowest BCUT2D eigenvalue weighted by Crippen LogP contribution is -2.43. The predicted molar refractivity (Wildman–Crippen MR) is 119 cm³/mol. The Balaban J connectivity index is 1.80. The second-order valence-electron chi connectivity index (χ2n) is 9.22. The largest absolute Gasteiger partial charge is 0.468 e. The van der Waals surface area contributed by atoms with Crippen molar-refractivity contribution in [1.82, 2.24) is 5.32 Å². The number of dihydropyridines is 1. The van der Waals surface area contributed by atoms with E-state index in [1.54, 1.807) is 25.1 Å². The fraction of sp³-hybridized carbons (Fsp3) is 0.500. The van der Waals surface area contributed by atoms with Crippen molar-refractivity contribution < 1.29 is 28.2 Å². The van der Waals surface area contributed by atoms with Gasteiger partial charge in [-0.25, -0.2) is 9.18 Å². The standard InChI is InChI=1S/C26H30FNO5/c1-14-13-19-23(24(29)20(14)25(30)32-3)22(17-11-7-8-12-18(17)27)21(15(2)28-19)26(31)33-16-9-5-4-6-10-16/h7-8,11-12,14,16,20,22,28H,4-6,9-10,13H2,1-3H3/t14-,20+,22-/m0/s1. The second kappa shape index (κ2) is 9.49. The molecule has 176 valence electrons. The molecule has 7 heteroatoms. The van der Waals surface area contributed by atoms with Gasteiger partial charge in [-0.15, -0.1) is 0 Å². The van der Waals surface area contributed by atoms with E-state index < -0.39 is 35.4 Å². The number of halogens is 1. The van der Waals surface area contributed by atoms with Gasteiger partial charge in [-0.2, -0.15) is 0 Å². The molecule has 1 aromatic carbocycles. The molecule has 6 nitrogen and oxygen atoms in total. The molecule has 1 heterocycles. The molecule has 0 spiro atoms. The van der Waals surface area contributed by atoms with Crippen LogP contribution in [-0.4, -0.2) is 30.9 Å². The molecule has 1 aliphatic heterocycles. The van der Waals surface area contributed by atoms with E-state index in [4.69, 9.17) is 9.47 Å². The van der Waals surface area contributed by atoms with Crippen LogP contribution in [0.15, 0.2) is 46.8 Å². The van der Waals surface area contributed by atoms with Crippen molar-refractivity contribution in [2.24, 2.45) is 11.8 Å². The Hall–Kier alpha value is -2.96. The van der Waals surface area contributed by atoms with Gasteiger partial charge in [0.15, 0.2) is 5.78 Å². The molecule has 0 amide bonds. The average Bonchev–Trinajstić information content (AvgIpc) is 2.79. The molecule has 3 aliphatic rings. The van der Waals surface area contributed by atoms with Crippen molar-refractivity contribution in [3.05, 3.63) is 58.2 Å². The fourth-order valence-corrected chi connectivity index (χ4v) is 5.37. The summed E-state index contributed by atoms with van der Waals surface area (Å²) in [6.07, 6.45) is 4.93. The summed E-state index contributed by atoms with van der Waals surface area (Å²) >= 11 is 0. The molecule has 1 N–H and O–H groups in total. The van der Waals surface area contributed by atoms with Crippen LogP contribution in [0.25, 0.3) is 0 Å². The number of Topliss-reactive ketones (excluding diaryl/α,β-unsaturated/α-hetero) is 1. The SMILES string of the molecule is COC(=O)[C@H]1C(=O)C2=C(C[C@@H]1C)NC(C)=C(C(=O)OC1CCCCC1)[C@@H]2c1ccccc1F. The third kappa shape index (κ3) is 4.33. The molecule has 4 rings (SSSR count). The van der Waals surface area contributed by atoms with Crippen molar-refractivity contribution in [1.29, 1.82) is 0 Å². The summed E-state index contributed by atoms with van der Waals surface area (Å²) < 4.78 is 25.8. The molecule has 1 saturated carbocycles. The van der Waals surface area contributed by atoms with Gasteiger partial charge in [0.25, 0.3) is 0 Å². The van der Waals surface area contributed by atoms with Crippen LogP contribution in [0.4, 0.5) is 4.39 Å². The molecule has 2 aliphatic carbocycles. The number of esters is 2. The molecular formula is C26H30FNO5. The highest BCUT2D eigenvalue weighted by molar-refractivity contribution is 6.12. The molecule has 0 radical (unpaired) electrons. The highest BCUT2D eigenvalue weighted by atomic mass is 19.1. The lowest BCUT2D eigenvalue weighted by molar-refractivity contribution is -0.151. The highest BCUT2D eigenvalue weighted by Crippen LogP contribution is 2.46. The van der Waals surface area contributed by atoms with E-state index in [0.29, 0.717) is 17.8 Å².